The van der Waals surface area contributed by atoms with Gasteiger partial charge in [0.05, 0.1) is 5.03 Å². The number of aliphatic hydroxyl groups excluding tert-OH is 1. The predicted octanol–water partition coefficient (Wildman–Crippen LogP) is 1.82. The summed E-state index contributed by atoms with van der Waals surface area (Å²) in [6.07, 6.45) is 0.635. The average Bonchev–Trinajstić information content (AvgIpc) is 2.29. The fourth-order valence-corrected chi connectivity index (χ4v) is 3.02. The molecule has 1 aromatic heterocycles. The number of fused-ring (bicyclic) bond motifs is 2. The Morgan fingerprint density at radius 1 is 1.38 bits per heavy atom. The Hall–Kier alpha value is -1.26. The highest BCUT2D eigenvalue weighted by molar-refractivity contribution is 7.99. The number of aliphatic hydroxyl groups is 1. The standard InChI is InChI=1S/C12H11NO2S/c14-11-5-6-13-10(16-11)7-8-3-1-2-4-9(8)12(13)15/h1-4,7,11,14H,5-6H2. The van der Waals surface area contributed by atoms with E-state index in [2.05, 4.69) is 0 Å². The summed E-state index contributed by atoms with van der Waals surface area (Å²) in [6.45, 7) is 0.604. The molecule has 4 heteroatoms. The first-order valence-electron chi connectivity index (χ1n) is 5.23. The number of hydrogen-bond donors (Lipinski definition) is 1. The van der Waals surface area contributed by atoms with Gasteiger partial charge in [0, 0.05) is 18.4 Å². The van der Waals surface area contributed by atoms with Gasteiger partial charge in [0.2, 0.25) is 0 Å². The largest absolute Gasteiger partial charge is 0.382 e. The maximum absolute atomic E-state index is 12.1. The van der Waals surface area contributed by atoms with Gasteiger partial charge in [-0.3, -0.25) is 4.79 Å². The van der Waals surface area contributed by atoms with E-state index in [0.29, 0.717) is 13.0 Å². The van der Waals surface area contributed by atoms with E-state index in [0.717, 1.165) is 15.8 Å². The second-order valence-electron chi connectivity index (χ2n) is 3.89. The molecule has 0 bridgehead atoms. The smallest absolute Gasteiger partial charge is 0.259 e. The fourth-order valence-electron chi connectivity index (χ4n) is 2.02. The number of thioether (sulfide) groups is 1. The number of benzene rings is 1. The lowest BCUT2D eigenvalue weighted by molar-refractivity contribution is 0.235. The van der Waals surface area contributed by atoms with E-state index < -0.39 is 0 Å². The lowest BCUT2D eigenvalue weighted by atomic mass is 10.2. The van der Waals surface area contributed by atoms with Crippen LogP contribution in [-0.4, -0.2) is 15.1 Å². The molecule has 0 amide bonds. The van der Waals surface area contributed by atoms with Gasteiger partial charge in [0.1, 0.15) is 5.44 Å². The molecule has 82 valence electrons. The quantitative estimate of drug-likeness (QED) is 0.754. The molecule has 1 N–H and O–H groups in total. The Labute approximate surface area is 96.7 Å². The lowest BCUT2D eigenvalue weighted by Gasteiger charge is -2.22. The summed E-state index contributed by atoms with van der Waals surface area (Å²) in [4.78, 5) is 12.1. The highest BCUT2D eigenvalue weighted by atomic mass is 32.2. The van der Waals surface area contributed by atoms with Crippen molar-refractivity contribution in [2.45, 2.75) is 23.4 Å². The monoisotopic (exact) mass is 233 g/mol. The van der Waals surface area contributed by atoms with Crippen LogP contribution >= 0.6 is 11.8 Å². The van der Waals surface area contributed by atoms with Crippen molar-refractivity contribution >= 4 is 22.5 Å². The van der Waals surface area contributed by atoms with Crippen molar-refractivity contribution in [3.05, 3.63) is 40.7 Å². The zero-order chi connectivity index (χ0) is 11.1. The minimum absolute atomic E-state index is 0.0486. The SMILES string of the molecule is O=c1c2ccccc2cc2n1CCC(O)S2. The lowest BCUT2D eigenvalue weighted by Crippen LogP contribution is -2.27. The first-order valence-corrected chi connectivity index (χ1v) is 6.11. The van der Waals surface area contributed by atoms with Gasteiger partial charge >= 0.3 is 0 Å². The molecule has 1 aliphatic heterocycles. The van der Waals surface area contributed by atoms with Crippen molar-refractivity contribution in [2.24, 2.45) is 0 Å². The first kappa shape index (κ1) is 9.93. The van der Waals surface area contributed by atoms with Gasteiger partial charge in [-0.2, -0.15) is 0 Å². The molecule has 1 unspecified atom stereocenters. The Morgan fingerprint density at radius 2 is 2.19 bits per heavy atom. The maximum Gasteiger partial charge on any atom is 0.259 e. The van der Waals surface area contributed by atoms with Gasteiger partial charge in [-0.25, -0.2) is 0 Å². The van der Waals surface area contributed by atoms with Crippen LogP contribution in [0.15, 0.2) is 40.2 Å². The minimum Gasteiger partial charge on any atom is -0.382 e. The second-order valence-corrected chi connectivity index (χ2v) is 5.09. The number of aromatic nitrogens is 1. The van der Waals surface area contributed by atoms with Crippen LogP contribution < -0.4 is 5.56 Å². The Balaban J connectivity index is 2.33. The predicted molar refractivity (Wildman–Crippen MR) is 64.7 cm³/mol. The molecule has 1 aliphatic rings. The topological polar surface area (TPSA) is 42.2 Å². The van der Waals surface area contributed by atoms with Crippen molar-refractivity contribution < 1.29 is 5.11 Å². The van der Waals surface area contributed by atoms with E-state index in [9.17, 15) is 9.90 Å². The van der Waals surface area contributed by atoms with Crippen molar-refractivity contribution in [3.63, 3.8) is 0 Å². The summed E-state index contributed by atoms with van der Waals surface area (Å²) in [5.41, 5.74) is -0.340. The average molecular weight is 233 g/mol. The second kappa shape index (κ2) is 3.64. The summed E-state index contributed by atoms with van der Waals surface area (Å²) in [5.74, 6) is 0. The molecule has 16 heavy (non-hydrogen) atoms. The summed E-state index contributed by atoms with van der Waals surface area (Å²) in [6, 6.07) is 9.55. The van der Waals surface area contributed by atoms with E-state index in [1.165, 1.54) is 11.8 Å². The molecule has 0 saturated heterocycles. The number of nitrogens with zero attached hydrogens (tertiary/aromatic N) is 1. The fraction of sp³-hybridized carbons (Fsp3) is 0.250. The van der Waals surface area contributed by atoms with Gasteiger partial charge in [-0.05, 0) is 17.5 Å². The van der Waals surface area contributed by atoms with Gasteiger partial charge in [-0.15, -0.1) is 0 Å². The van der Waals surface area contributed by atoms with E-state index >= 15 is 0 Å². The van der Waals surface area contributed by atoms with Crippen LogP contribution in [-0.2, 0) is 6.54 Å². The Kier molecular flexibility index (Phi) is 2.26. The zero-order valence-electron chi connectivity index (χ0n) is 8.59. The zero-order valence-corrected chi connectivity index (χ0v) is 9.41. The van der Waals surface area contributed by atoms with Crippen LogP contribution in [0.4, 0.5) is 0 Å². The number of pyridine rings is 1. The van der Waals surface area contributed by atoms with Gasteiger partial charge < -0.3 is 9.67 Å². The molecule has 0 spiro atoms. The normalized spacial score (nSPS) is 19.7. The third-order valence-electron chi connectivity index (χ3n) is 2.84. The van der Waals surface area contributed by atoms with Crippen molar-refractivity contribution in [1.82, 2.24) is 4.57 Å². The molecule has 2 heterocycles. The van der Waals surface area contributed by atoms with Crippen LogP contribution in [0.2, 0.25) is 0 Å². The molecular weight excluding hydrogens is 222 g/mol. The molecule has 2 aromatic rings. The van der Waals surface area contributed by atoms with E-state index in [-0.39, 0.29) is 11.0 Å². The van der Waals surface area contributed by atoms with Crippen LogP contribution in [0.5, 0.6) is 0 Å². The van der Waals surface area contributed by atoms with Crippen molar-refractivity contribution in [1.29, 1.82) is 0 Å². The van der Waals surface area contributed by atoms with Crippen LogP contribution in [0.3, 0.4) is 0 Å². The highest BCUT2D eigenvalue weighted by Gasteiger charge is 2.18. The molecule has 3 rings (SSSR count). The van der Waals surface area contributed by atoms with Crippen molar-refractivity contribution in [3.8, 4) is 0 Å². The molecule has 0 saturated carbocycles. The van der Waals surface area contributed by atoms with Gasteiger partial charge in [0.25, 0.3) is 5.56 Å². The maximum atomic E-state index is 12.1. The molecular formula is C12H11NO2S. The van der Waals surface area contributed by atoms with Gasteiger partial charge in [-0.1, -0.05) is 30.0 Å². The van der Waals surface area contributed by atoms with Crippen molar-refractivity contribution in [2.75, 3.05) is 0 Å². The van der Waals surface area contributed by atoms with Crippen LogP contribution in [0, 0.1) is 0 Å². The van der Waals surface area contributed by atoms with Gasteiger partial charge in [0.15, 0.2) is 0 Å². The number of rotatable bonds is 0. The first-order chi connectivity index (χ1) is 7.75. The molecule has 1 atom stereocenters. The summed E-state index contributed by atoms with van der Waals surface area (Å²) in [5, 5.41) is 12.1. The van der Waals surface area contributed by atoms with E-state index in [1.54, 1.807) is 4.57 Å². The molecule has 1 aromatic carbocycles. The molecule has 3 nitrogen and oxygen atoms in total. The number of hydrogen-bond acceptors (Lipinski definition) is 3. The molecule has 0 radical (unpaired) electrons. The van der Waals surface area contributed by atoms with Crippen LogP contribution in [0.1, 0.15) is 6.42 Å². The summed E-state index contributed by atoms with van der Waals surface area (Å²) >= 11 is 1.36. The summed E-state index contributed by atoms with van der Waals surface area (Å²) < 4.78 is 1.75. The highest BCUT2D eigenvalue weighted by Crippen LogP contribution is 2.29. The van der Waals surface area contributed by atoms with Crippen LogP contribution in [0.25, 0.3) is 10.8 Å². The minimum atomic E-state index is -0.388. The van der Waals surface area contributed by atoms with E-state index in [4.69, 9.17) is 0 Å². The van der Waals surface area contributed by atoms with E-state index in [1.807, 2.05) is 30.3 Å². The molecule has 0 fully saturated rings. The molecule has 0 aliphatic carbocycles. The Bertz CT molecular complexity index is 605. The Morgan fingerprint density at radius 3 is 3.06 bits per heavy atom. The third-order valence-corrected chi connectivity index (χ3v) is 3.93. The third kappa shape index (κ3) is 1.45. The summed E-state index contributed by atoms with van der Waals surface area (Å²) in [7, 11) is 0.